The minimum atomic E-state index is 0.351. The van der Waals surface area contributed by atoms with Crippen molar-refractivity contribution in [1.82, 2.24) is 19.6 Å². The minimum absolute atomic E-state index is 0.351. The molecule has 0 unspecified atom stereocenters. The largest absolute Gasteiger partial charge is 0.464 e. The molecule has 0 aromatic carbocycles. The van der Waals surface area contributed by atoms with Crippen LogP contribution in [0.1, 0.15) is 6.92 Å². The maximum absolute atomic E-state index is 5.74. The van der Waals surface area contributed by atoms with Crippen molar-refractivity contribution in [3.05, 3.63) is 17.5 Å². The first-order valence-electron chi connectivity index (χ1n) is 3.80. The van der Waals surface area contributed by atoms with Crippen molar-refractivity contribution in [2.24, 2.45) is 0 Å². The smallest absolute Gasteiger partial charge is 0.321 e. The fourth-order valence-corrected chi connectivity index (χ4v) is 1.17. The number of fused-ring (bicyclic) bond motifs is 1. The summed E-state index contributed by atoms with van der Waals surface area (Å²) >= 11 is 5.74. The van der Waals surface area contributed by atoms with Crippen LogP contribution >= 0.6 is 11.6 Å². The lowest BCUT2D eigenvalue weighted by Gasteiger charge is -2.02. The van der Waals surface area contributed by atoms with E-state index in [2.05, 4.69) is 15.1 Å². The molecule has 0 spiro atoms. The number of ether oxygens (including phenoxy) is 1. The van der Waals surface area contributed by atoms with Crippen LogP contribution in [0.4, 0.5) is 0 Å². The van der Waals surface area contributed by atoms with Crippen LogP contribution in [0.5, 0.6) is 6.01 Å². The topological polar surface area (TPSA) is 52.3 Å². The molecular formula is C7H7ClN4O. The molecule has 2 aromatic rings. The molecule has 0 aliphatic carbocycles. The zero-order chi connectivity index (χ0) is 9.26. The number of aromatic nitrogens is 4. The number of halogens is 1. The summed E-state index contributed by atoms with van der Waals surface area (Å²) in [4.78, 5) is 7.94. The Kier molecular flexibility index (Phi) is 2.02. The molecule has 13 heavy (non-hydrogen) atoms. The number of hydrogen-bond donors (Lipinski definition) is 0. The highest BCUT2D eigenvalue weighted by molar-refractivity contribution is 6.29. The average Bonchev–Trinajstić information content (AvgIpc) is 2.52. The van der Waals surface area contributed by atoms with Crippen LogP contribution in [0.25, 0.3) is 5.65 Å². The third kappa shape index (κ3) is 1.42. The lowest BCUT2D eigenvalue weighted by Crippen LogP contribution is -2.02. The van der Waals surface area contributed by atoms with Gasteiger partial charge in [0.2, 0.25) is 0 Å². The molecule has 0 aliphatic rings. The lowest BCUT2D eigenvalue weighted by atomic mass is 10.6. The SMILES string of the molecule is CCOc1nc(Cl)cc2ncnn12. The van der Waals surface area contributed by atoms with Crippen molar-refractivity contribution in [3.8, 4) is 6.01 Å². The van der Waals surface area contributed by atoms with E-state index in [1.165, 1.54) is 10.8 Å². The van der Waals surface area contributed by atoms with Gasteiger partial charge in [-0.1, -0.05) is 11.6 Å². The minimum Gasteiger partial charge on any atom is -0.464 e. The summed E-state index contributed by atoms with van der Waals surface area (Å²) in [5, 5.41) is 4.29. The van der Waals surface area contributed by atoms with Crippen molar-refractivity contribution in [3.63, 3.8) is 0 Å². The summed E-state index contributed by atoms with van der Waals surface area (Å²) in [7, 11) is 0. The van der Waals surface area contributed by atoms with Gasteiger partial charge in [-0.05, 0) is 6.92 Å². The Balaban J connectivity index is 2.63. The highest BCUT2D eigenvalue weighted by Crippen LogP contribution is 2.14. The van der Waals surface area contributed by atoms with Crippen LogP contribution < -0.4 is 4.74 Å². The first-order chi connectivity index (χ1) is 6.31. The van der Waals surface area contributed by atoms with Gasteiger partial charge in [-0.3, -0.25) is 0 Å². The van der Waals surface area contributed by atoms with Gasteiger partial charge < -0.3 is 4.74 Å². The first kappa shape index (κ1) is 8.25. The summed E-state index contributed by atoms with van der Waals surface area (Å²) < 4.78 is 6.72. The molecule has 0 bridgehead atoms. The molecule has 2 heterocycles. The van der Waals surface area contributed by atoms with Crippen LogP contribution in [0.15, 0.2) is 12.4 Å². The molecule has 0 radical (unpaired) electrons. The summed E-state index contributed by atoms with van der Waals surface area (Å²) in [6, 6.07) is 1.99. The van der Waals surface area contributed by atoms with E-state index in [9.17, 15) is 0 Å². The van der Waals surface area contributed by atoms with E-state index in [1.54, 1.807) is 6.07 Å². The van der Waals surface area contributed by atoms with Crippen LogP contribution in [0.3, 0.4) is 0 Å². The molecule has 5 nitrogen and oxygen atoms in total. The Morgan fingerprint density at radius 3 is 3.23 bits per heavy atom. The van der Waals surface area contributed by atoms with Crippen LogP contribution in [-0.2, 0) is 0 Å². The zero-order valence-electron chi connectivity index (χ0n) is 6.94. The Hall–Kier alpha value is -1.36. The van der Waals surface area contributed by atoms with Gasteiger partial charge in [-0.15, -0.1) is 0 Å². The van der Waals surface area contributed by atoms with Gasteiger partial charge in [-0.25, -0.2) is 4.98 Å². The van der Waals surface area contributed by atoms with E-state index in [1.807, 2.05) is 6.92 Å². The molecule has 0 aliphatic heterocycles. The van der Waals surface area contributed by atoms with Crippen molar-refractivity contribution >= 4 is 17.2 Å². The molecule has 6 heteroatoms. The third-order valence-electron chi connectivity index (χ3n) is 1.48. The lowest BCUT2D eigenvalue weighted by molar-refractivity contribution is 0.303. The number of rotatable bonds is 2. The van der Waals surface area contributed by atoms with Gasteiger partial charge >= 0.3 is 6.01 Å². The Morgan fingerprint density at radius 1 is 1.62 bits per heavy atom. The molecule has 2 aromatic heterocycles. The second-order valence-electron chi connectivity index (χ2n) is 2.32. The van der Waals surface area contributed by atoms with E-state index in [-0.39, 0.29) is 0 Å². The fourth-order valence-electron chi connectivity index (χ4n) is 0.996. The van der Waals surface area contributed by atoms with E-state index >= 15 is 0 Å². The van der Waals surface area contributed by atoms with Crippen molar-refractivity contribution < 1.29 is 4.74 Å². The summed E-state index contributed by atoms with van der Waals surface area (Å²) in [6.07, 6.45) is 1.43. The van der Waals surface area contributed by atoms with Crippen LogP contribution in [-0.4, -0.2) is 26.2 Å². The zero-order valence-corrected chi connectivity index (χ0v) is 7.69. The van der Waals surface area contributed by atoms with Crippen LogP contribution in [0.2, 0.25) is 5.15 Å². The monoisotopic (exact) mass is 198 g/mol. The van der Waals surface area contributed by atoms with Gasteiger partial charge in [0.25, 0.3) is 0 Å². The predicted octanol–water partition coefficient (Wildman–Crippen LogP) is 1.18. The second-order valence-corrected chi connectivity index (χ2v) is 2.71. The number of hydrogen-bond acceptors (Lipinski definition) is 4. The Labute approximate surface area is 79.3 Å². The highest BCUT2D eigenvalue weighted by Gasteiger charge is 2.06. The van der Waals surface area contributed by atoms with Gasteiger partial charge in [0.1, 0.15) is 11.5 Å². The Morgan fingerprint density at radius 2 is 2.46 bits per heavy atom. The summed E-state index contributed by atoms with van der Waals surface area (Å²) in [5.74, 6) is 0. The maximum Gasteiger partial charge on any atom is 0.321 e. The second kappa shape index (κ2) is 3.18. The molecule has 0 saturated heterocycles. The van der Waals surface area contributed by atoms with Gasteiger partial charge in [0.15, 0.2) is 5.65 Å². The summed E-state index contributed by atoms with van der Waals surface area (Å²) in [5.41, 5.74) is 0.628. The molecule has 68 valence electrons. The molecular weight excluding hydrogens is 192 g/mol. The molecule has 0 amide bonds. The normalized spacial score (nSPS) is 10.6. The average molecular weight is 199 g/mol. The van der Waals surface area contributed by atoms with E-state index in [0.717, 1.165) is 0 Å². The molecule has 0 N–H and O–H groups in total. The van der Waals surface area contributed by atoms with E-state index in [0.29, 0.717) is 23.4 Å². The van der Waals surface area contributed by atoms with E-state index in [4.69, 9.17) is 16.3 Å². The molecule has 2 rings (SSSR count). The predicted molar refractivity (Wildman–Crippen MR) is 47.0 cm³/mol. The first-order valence-corrected chi connectivity index (χ1v) is 4.18. The van der Waals surface area contributed by atoms with Crippen molar-refractivity contribution in [1.29, 1.82) is 0 Å². The standard InChI is InChI=1S/C7H7ClN4O/c1-2-13-7-11-5(8)3-6-9-4-10-12(6)7/h3-4H,2H2,1H3. The third-order valence-corrected chi connectivity index (χ3v) is 1.67. The maximum atomic E-state index is 5.74. The van der Waals surface area contributed by atoms with Crippen molar-refractivity contribution in [2.75, 3.05) is 6.61 Å². The van der Waals surface area contributed by atoms with Crippen LogP contribution in [0, 0.1) is 0 Å². The summed E-state index contributed by atoms with van der Waals surface area (Å²) in [6.45, 7) is 2.38. The van der Waals surface area contributed by atoms with Crippen molar-refractivity contribution in [2.45, 2.75) is 6.92 Å². The molecule has 0 atom stereocenters. The highest BCUT2D eigenvalue weighted by atomic mass is 35.5. The quantitative estimate of drug-likeness (QED) is 0.680. The van der Waals surface area contributed by atoms with Gasteiger partial charge in [-0.2, -0.15) is 14.6 Å². The molecule has 0 fully saturated rings. The van der Waals surface area contributed by atoms with Gasteiger partial charge in [0, 0.05) is 6.07 Å². The van der Waals surface area contributed by atoms with Gasteiger partial charge in [0.05, 0.1) is 6.61 Å². The molecule has 0 saturated carbocycles. The van der Waals surface area contributed by atoms with E-state index < -0.39 is 0 Å². The fraction of sp³-hybridized carbons (Fsp3) is 0.286. The number of nitrogens with zero attached hydrogens (tertiary/aromatic N) is 4. The Bertz CT molecular complexity index is 427.